The molecule has 2 amide bonds. The van der Waals surface area contributed by atoms with Crippen LogP contribution < -0.4 is 10.1 Å². The SMILES string of the molecule is COc1cccc(NC(=O)N(C)Cc2scnc2C)c1. The van der Waals surface area contributed by atoms with Crippen molar-refractivity contribution >= 4 is 23.1 Å². The Hall–Kier alpha value is -2.08. The number of amides is 2. The molecule has 1 aromatic heterocycles. The van der Waals surface area contributed by atoms with Crippen molar-refractivity contribution in [3.05, 3.63) is 40.3 Å². The van der Waals surface area contributed by atoms with Crippen molar-refractivity contribution in [1.82, 2.24) is 9.88 Å². The molecule has 20 heavy (non-hydrogen) atoms. The quantitative estimate of drug-likeness (QED) is 0.941. The standard InChI is InChI=1S/C14H17N3O2S/c1-10-13(20-9-15-10)8-17(2)14(18)16-11-5-4-6-12(7-11)19-3/h4-7,9H,8H2,1-3H3,(H,16,18). The fourth-order valence-electron chi connectivity index (χ4n) is 1.68. The minimum Gasteiger partial charge on any atom is -0.497 e. The van der Waals surface area contributed by atoms with Crippen molar-refractivity contribution in [3.8, 4) is 5.75 Å². The van der Waals surface area contributed by atoms with Crippen molar-refractivity contribution < 1.29 is 9.53 Å². The van der Waals surface area contributed by atoms with Gasteiger partial charge in [0.25, 0.3) is 0 Å². The third-order valence-electron chi connectivity index (χ3n) is 2.89. The number of carbonyl (C=O) groups is 1. The normalized spacial score (nSPS) is 10.2. The number of hydrogen-bond donors (Lipinski definition) is 1. The third kappa shape index (κ3) is 3.48. The number of nitrogens with zero attached hydrogens (tertiary/aromatic N) is 2. The van der Waals surface area contributed by atoms with Crippen LogP contribution in [-0.2, 0) is 6.54 Å². The summed E-state index contributed by atoms with van der Waals surface area (Å²) in [5.41, 5.74) is 3.47. The molecule has 0 saturated carbocycles. The zero-order valence-corrected chi connectivity index (χ0v) is 12.5. The lowest BCUT2D eigenvalue weighted by Gasteiger charge is -2.17. The topological polar surface area (TPSA) is 54.5 Å². The fraction of sp³-hybridized carbons (Fsp3) is 0.286. The van der Waals surface area contributed by atoms with E-state index >= 15 is 0 Å². The molecule has 0 atom stereocenters. The number of methoxy groups -OCH3 is 1. The number of aryl methyl sites for hydroxylation is 1. The average molecular weight is 291 g/mol. The Balaban J connectivity index is 1.98. The number of urea groups is 1. The van der Waals surface area contributed by atoms with Crippen LogP contribution in [0.5, 0.6) is 5.75 Å². The molecule has 1 aromatic carbocycles. The van der Waals surface area contributed by atoms with Gasteiger partial charge in [-0.25, -0.2) is 9.78 Å². The van der Waals surface area contributed by atoms with Crippen molar-refractivity contribution in [3.63, 3.8) is 0 Å². The summed E-state index contributed by atoms with van der Waals surface area (Å²) in [4.78, 5) is 19.0. The molecule has 1 heterocycles. The predicted molar refractivity (Wildman–Crippen MR) is 80.3 cm³/mol. The lowest BCUT2D eigenvalue weighted by molar-refractivity contribution is 0.221. The van der Waals surface area contributed by atoms with Crippen molar-refractivity contribution in [2.45, 2.75) is 13.5 Å². The lowest BCUT2D eigenvalue weighted by atomic mass is 10.3. The molecular formula is C14H17N3O2S. The maximum absolute atomic E-state index is 12.1. The van der Waals surface area contributed by atoms with Gasteiger partial charge in [0, 0.05) is 23.7 Å². The second-order valence-corrected chi connectivity index (χ2v) is 5.32. The summed E-state index contributed by atoms with van der Waals surface area (Å²) in [6.07, 6.45) is 0. The molecule has 0 spiro atoms. The number of hydrogen-bond acceptors (Lipinski definition) is 4. The van der Waals surface area contributed by atoms with Gasteiger partial charge in [-0.3, -0.25) is 0 Å². The Kier molecular flexibility index (Phi) is 4.57. The number of ether oxygens (including phenoxy) is 1. The van der Waals surface area contributed by atoms with E-state index in [1.807, 2.05) is 25.1 Å². The lowest BCUT2D eigenvalue weighted by Crippen LogP contribution is -2.30. The van der Waals surface area contributed by atoms with E-state index in [1.165, 1.54) is 0 Å². The van der Waals surface area contributed by atoms with Gasteiger partial charge < -0.3 is 15.0 Å². The summed E-state index contributed by atoms with van der Waals surface area (Å²) in [7, 11) is 3.36. The van der Waals surface area contributed by atoms with Crippen LogP contribution in [0.15, 0.2) is 29.8 Å². The molecule has 5 nitrogen and oxygen atoms in total. The molecule has 2 aromatic rings. The molecule has 0 fully saturated rings. The van der Waals surface area contributed by atoms with Crippen LogP contribution in [0.3, 0.4) is 0 Å². The maximum Gasteiger partial charge on any atom is 0.321 e. The minimum absolute atomic E-state index is 0.161. The average Bonchev–Trinajstić information content (AvgIpc) is 2.84. The van der Waals surface area contributed by atoms with Gasteiger partial charge in [-0.15, -0.1) is 11.3 Å². The van der Waals surface area contributed by atoms with Gasteiger partial charge in [-0.1, -0.05) is 6.07 Å². The van der Waals surface area contributed by atoms with Gasteiger partial charge in [0.2, 0.25) is 0 Å². The first kappa shape index (κ1) is 14.3. The summed E-state index contributed by atoms with van der Waals surface area (Å²) in [6, 6.07) is 7.11. The Morgan fingerprint density at radius 3 is 2.95 bits per heavy atom. The predicted octanol–water partition coefficient (Wildman–Crippen LogP) is 3.12. The zero-order chi connectivity index (χ0) is 14.5. The Labute approximate surface area is 122 Å². The summed E-state index contributed by atoms with van der Waals surface area (Å²) < 4.78 is 5.13. The van der Waals surface area contributed by atoms with Crippen LogP contribution in [0.2, 0.25) is 0 Å². The van der Waals surface area contributed by atoms with Crippen LogP contribution in [0.25, 0.3) is 0 Å². The highest BCUT2D eigenvalue weighted by Gasteiger charge is 2.12. The molecule has 0 bridgehead atoms. The molecule has 106 valence electrons. The van der Waals surface area contributed by atoms with Crippen LogP contribution >= 0.6 is 11.3 Å². The van der Waals surface area contributed by atoms with E-state index in [0.29, 0.717) is 18.0 Å². The molecule has 1 N–H and O–H groups in total. The van der Waals surface area contributed by atoms with Crippen LogP contribution in [0, 0.1) is 6.92 Å². The number of anilines is 1. The molecule has 0 unspecified atom stereocenters. The second kappa shape index (κ2) is 6.38. The minimum atomic E-state index is -0.161. The number of carbonyl (C=O) groups excluding carboxylic acids is 1. The fourth-order valence-corrected chi connectivity index (χ4v) is 2.51. The van der Waals surface area contributed by atoms with Crippen LogP contribution in [0.4, 0.5) is 10.5 Å². The van der Waals surface area contributed by atoms with Crippen molar-refractivity contribution in [1.29, 1.82) is 0 Å². The summed E-state index contributed by atoms with van der Waals surface area (Å²) in [5.74, 6) is 0.712. The van der Waals surface area contributed by atoms with Gasteiger partial charge >= 0.3 is 6.03 Å². The van der Waals surface area contributed by atoms with Crippen LogP contribution in [-0.4, -0.2) is 30.1 Å². The van der Waals surface area contributed by atoms with Crippen molar-refractivity contribution in [2.75, 3.05) is 19.5 Å². The molecule has 0 saturated heterocycles. The van der Waals surface area contributed by atoms with E-state index in [0.717, 1.165) is 10.6 Å². The largest absolute Gasteiger partial charge is 0.497 e. The number of thiazole rings is 1. The van der Waals surface area contributed by atoms with Crippen LogP contribution in [0.1, 0.15) is 10.6 Å². The van der Waals surface area contributed by atoms with E-state index in [1.54, 1.807) is 42.0 Å². The zero-order valence-electron chi connectivity index (χ0n) is 11.7. The second-order valence-electron chi connectivity index (χ2n) is 4.38. The highest BCUT2D eigenvalue weighted by molar-refractivity contribution is 7.09. The monoisotopic (exact) mass is 291 g/mol. The first-order valence-electron chi connectivity index (χ1n) is 6.15. The first-order valence-corrected chi connectivity index (χ1v) is 7.03. The molecule has 0 aliphatic carbocycles. The molecular weight excluding hydrogens is 274 g/mol. The molecule has 2 rings (SSSR count). The first-order chi connectivity index (χ1) is 9.60. The number of benzene rings is 1. The number of aromatic nitrogens is 1. The van der Waals surface area contributed by atoms with Gasteiger partial charge in [0.05, 0.1) is 24.9 Å². The summed E-state index contributed by atoms with van der Waals surface area (Å²) in [6.45, 7) is 2.49. The smallest absolute Gasteiger partial charge is 0.321 e. The molecule has 0 radical (unpaired) electrons. The van der Waals surface area contributed by atoms with Crippen molar-refractivity contribution in [2.24, 2.45) is 0 Å². The summed E-state index contributed by atoms with van der Waals surface area (Å²) in [5, 5.41) is 2.84. The Morgan fingerprint density at radius 1 is 1.50 bits per heavy atom. The van der Waals surface area contributed by atoms with E-state index in [9.17, 15) is 4.79 Å². The van der Waals surface area contributed by atoms with E-state index in [2.05, 4.69) is 10.3 Å². The molecule has 6 heteroatoms. The highest BCUT2D eigenvalue weighted by Crippen LogP contribution is 2.18. The molecule has 0 aliphatic rings. The highest BCUT2D eigenvalue weighted by atomic mass is 32.1. The van der Waals surface area contributed by atoms with Gasteiger partial charge in [-0.2, -0.15) is 0 Å². The Bertz CT molecular complexity index is 598. The van der Waals surface area contributed by atoms with Gasteiger partial charge in [0.15, 0.2) is 0 Å². The van der Waals surface area contributed by atoms with E-state index in [4.69, 9.17) is 4.74 Å². The summed E-state index contributed by atoms with van der Waals surface area (Å²) >= 11 is 1.55. The van der Waals surface area contributed by atoms with Gasteiger partial charge in [0.1, 0.15) is 5.75 Å². The van der Waals surface area contributed by atoms with E-state index < -0.39 is 0 Å². The number of rotatable bonds is 4. The van der Waals surface area contributed by atoms with Gasteiger partial charge in [-0.05, 0) is 19.1 Å². The maximum atomic E-state index is 12.1. The third-order valence-corrected chi connectivity index (χ3v) is 3.81. The molecule has 0 aliphatic heterocycles. The number of nitrogens with one attached hydrogen (secondary N) is 1. The Morgan fingerprint density at radius 2 is 2.30 bits per heavy atom. The van der Waals surface area contributed by atoms with E-state index in [-0.39, 0.29) is 6.03 Å².